The average Bonchev–Trinajstić information content (AvgIpc) is 2.12. The summed E-state index contributed by atoms with van der Waals surface area (Å²) in [5.41, 5.74) is 0. The molecular weight excluding hydrogens is 178 g/mol. The summed E-state index contributed by atoms with van der Waals surface area (Å²) in [5, 5.41) is 11.9. The van der Waals surface area contributed by atoms with Crippen LogP contribution in [0.2, 0.25) is 0 Å². The van der Waals surface area contributed by atoms with Gasteiger partial charge in [-0.1, -0.05) is 27.2 Å². The van der Waals surface area contributed by atoms with Crippen molar-refractivity contribution in [2.75, 3.05) is 6.61 Å². The molecule has 0 aliphatic carbocycles. The quantitative estimate of drug-likeness (QED) is 0.658. The van der Waals surface area contributed by atoms with E-state index in [1.54, 1.807) is 0 Å². The van der Waals surface area contributed by atoms with Crippen molar-refractivity contribution in [3.63, 3.8) is 0 Å². The standard InChI is InChI=1S/C11H23NO2/c1-4-5-6-11(14)12-10(8-13)7-9(2)3/h9-10,13H,4-8H2,1-3H3,(H,12,14)/t10-/m0/s1. The smallest absolute Gasteiger partial charge is 0.220 e. The van der Waals surface area contributed by atoms with Gasteiger partial charge < -0.3 is 10.4 Å². The van der Waals surface area contributed by atoms with Crippen LogP contribution >= 0.6 is 0 Å². The number of nitrogens with one attached hydrogen (secondary N) is 1. The molecule has 0 heterocycles. The second-order valence-electron chi connectivity index (χ2n) is 4.18. The van der Waals surface area contributed by atoms with Crippen LogP contribution in [0.4, 0.5) is 0 Å². The lowest BCUT2D eigenvalue weighted by atomic mass is 10.0. The number of rotatable bonds is 7. The van der Waals surface area contributed by atoms with E-state index in [9.17, 15) is 4.79 Å². The molecule has 0 bridgehead atoms. The lowest BCUT2D eigenvalue weighted by molar-refractivity contribution is -0.122. The molecule has 14 heavy (non-hydrogen) atoms. The van der Waals surface area contributed by atoms with Gasteiger partial charge in [0.25, 0.3) is 0 Å². The molecule has 0 saturated heterocycles. The van der Waals surface area contributed by atoms with Crippen LogP contribution in [0.15, 0.2) is 0 Å². The van der Waals surface area contributed by atoms with Crippen molar-refractivity contribution in [3.8, 4) is 0 Å². The van der Waals surface area contributed by atoms with Crippen molar-refractivity contribution in [1.82, 2.24) is 5.32 Å². The molecule has 0 spiro atoms. The largest absolute Gasteiger partial charge is 0.394 e. The second-order valence-corrected chi connectivity index (χ2v) is 4.18. The van der Waals surface area contributed by atoms with Gasteiger partial charge in [0.05, 0.1) is 12.6 Å². The number of aliphatic hydroxyl groups excluding tert-OH is 1. The highest BCUT2D eigenvalue weighted by Crippen LogP contribution is 2.04. The van der Waals surface area contributed by atoms with E-state index >= 15 is 0 Å². The predicted octanol–water partition coefficient (Wildman–Crippen LogP) is 1.70. The highest BCUT2D eigenvalue weighted by Gasteiger charge is 2.12. The van der Waals surface area contributed by atoms with Crippen LogP contribution in [0.5, 0.6) is 0 Å². The molecule has 84 valence electrons. The van der Waals surface area contributed by atoms with Gasteiger partial charge in [-0.25, -0.2) is 0 Å². The average molecular weight is 201 g/mol. The first kappa shape index (κ1) is 13.4. The molecule has 0 unspecified atom stereocenters. The number of hydrogen-bond donors (Lipinski definition) is 2. The zero-order valence-corrected chi connectivity index (χ0v) is 9.55. The highest BCUT2D eigenvalue weighted by molar-refractivity contribution is 5.76. The monoisotopic (exact) mass is 201 g/mol. The Morgan fingerprint density at radius 1 is 1.43 bits per heavy atom. The zero-order chi connectivity index (χ0) is 11.0. The Morgan fingerprint density at radius 2 is 2.07 bits per heavy atom. The summed E-state index contributed by atoms with van der Waals surface area (Å²) >= 11 is 0. The fraction of sp³-hybridized carbons (Fsp3) is 0.909. The SMILES string of the molecule is CCCCC(=O)N[C@H](CO)CC(C)C. The molecule has 1 atom stereocenters. The van der Waals surface area contributed by atoms with Crippen LogP contribution < -0.4 is 5.32 Å². The summed E-state index contributed by atoms with van der Waals surface area (Å²) in [6, 6.07) is -0.0700. The molecule has 3 heteroatoms. The minimum Gasteiger partial charge on any atom is -0.394 e. The van der Waals surface area contributed by atoms with Gasteiger partial charge in [-0.15, -0.1) is 0 Å². The molecule has 0 radical (unpaired) electrons. The summed E-state index contributed by atoms with van der Waals surface area (Å²) in [4.78, 5) is 11.3. The van der Waals surface area contributed by atoms with Gasteiger partial charge in [-0.2, -0.15) is 0 Å². The Balaban J connectivity index is 3.74. The normalized spacial score (nSPS) is 12.9. The summed E-state index contributed by atoms with van der Waals surface area (Å²) in [5.74, 6) is 0.560. The molecule has 0 aliphatic rings. The molecule has 0 aliphatic heterocycles. The molecule has 0 aromatic heterocycles. The predicted molar refractivity (Wildman–Crippen MR) is 58.0 cm³/mol. The van der Waals surface area contributed by atoms with Crippen molar-refractivity contribution in [3.05, 3.63) is 0 Å². The first-order valence-electron chi connectivity index (χ1n) is 5.50. The Hall–Kier alpha value is -0.570. The van der Waals surface area contributed by atoms with Gasteiger partial charge in [0.15, 0.2) is 0 Å². The molecule has 2 N–H and O–H groups in total. The number of amides is 1. The number of aliphatic hydroxyl groups is 1. The van der Waals surface area contributed by atoms with E-state index in [0.717, 1.165) is 19.3 Å². The highest BCUT2D eigenvalue weighted by atomic mass is 16.3. The van der Waals surface area contributed by atoms with E-state index in [0.29, 0.717) is 12.3 Å². The van der Waals surface area contributed by atoms with E-state index in [1.807, 2.05) is 0 Å². The number of hydrogen-bond acceptors (Lipinski definition) is 2. The Kier molecular flexibility index (Phi) is 7.48. The maximum absolute atomic E-state index is 11.3. The van der Waals surface area contributed by atoms with Gasteiger partial charge in [0, 0.05) is 6.42 Å². The number of carbonyl (C=O) groups excluding carboxylic acids is 1. The molecule has 0 fully saturated rings. The fourth-order valence-electron chi connectivity index (χ4n) is 1.39. The third-order valence-electron chi connectivity index (χ3n) is 2.10. The van der Waals surface area contributed by atoms with Gasteiger partial charge >= 0.3 is 0 Å². The third-order valence-corrected chi connectivity index (χ3v) is 2.10. The minimum atomic E-state index is -0.0700. The zero-order valence-electron chi connectivity index (χ0n) is 9.55. The second kappa shape index (κ2) is 7.80. The van der Waals surface area contributed by atoms with Crippen molar-refractivity contribution >= 4 is 5.91 Å². The van der Waals surface area contributed by atoms with Crippen molar-refractivity contribution < 1.29 is 9.90 Å². The maximum Gasteiger partial charge on any atom is 0.220 e. The van der Waals surface area contributed by atoms with Crippen molar-refractivity contribution in [1.29, 1.82) is 0 Å². The van der Waals surface area contributed by atoms with Crippen LogP contribution in [0.1, 0.15) is 46.5 Å². The topological polar surface area (TPSA) is 49.3 Å². The van der Waals surface area contributed by atoms with E-state index in [1.165, 1.54) is 0 Å². The van der Waals surface area contributed by atoms with Crippen LogP contribution in [0.25, 0.3) is 0 Å². The Morgan fingerprint density at radius 3 is 2.50 bits per heavy atom. The Bertz CT molecular complexity index is 157. The van der Waals surface area contributed by atoms with Gasteiger partial charge in [0.1, 0.15) is 0 Å². The third kappa shape index (κ3) is 6.89. The summed E-state index contributed by atoms with van der Waals surface area (Å²) in [7, 11) is 0. The van der Waals surface area contributed by atoms with E-state index in [-0.39, 0.29) is 18.6 Å². The van der Waals surface area contributed by atoms with Crippen LogP contribution in [-0.4, -0.2) is 23.7 Å². The summed E-state index contributed by atoms with van der Waals surface area (Å²) in [6.45, 7) is 6.27. The fourth-order valence-corrected chi connectivity index (χ4v) is 1.39. The first-order chi connectivity index (χ1) is 6.60. The molecule has 3 nitrogen and oxygen atoms in total. The maximum atomic E-state index is 11.3. The molecule has 0 saturated carbocycles. The van der Waals surface area contributed by atoms with Gasteiger partial charge in [-0.3, -0.25) is 4.79 Å². The van der Waals surface area contributed by atoms with Crippen LogP contribution in [-0.2, 0) is 4.79 Å². The van der Waals surface area contributed by atoms with Crippen LogP contribution in [0.3, 0.4) is 0 Å². The first-order valence-corrected chi connectivity index (χ1v) is 5.50. The van der Waals surface area contributed by atoms with Crippen LogP contribution in [0, 0.1) is 5.92 Å². The number of carbonyl (C=O) groups is 1. The summed E-state index contributed by atoms with van der Waals surface area (Å²) < 4.78 is 0. The molecule has 1 amide bonds. The van der Waals surface area contributed by atoms with Crippen molar-refractivity contribution in [2.45, 2.75) is 52.5 Å². The number of unbranched alkanes of at least 4 members (excludes halogenated alkanes) is 1. The summed E-state index contributed by atoms with van der Waals surface area (Å²) in [6.07, 6.45) is 3.37. The minimum absolute atomic E-state index is 0.0377. The van der Waals surface area contributed by atoms with Crippen molar-refractivity contribution in [2.24, 2.45) is 5.92 Å². The van der Waals surface area contributed by atoms with E-state index in [4.69, 9.17) is 5.11 Å². The molecule has 0 aromatic carbocycles. The molecule has 0 aromatic rings. The Labute approximate surface area is 86.9 Å². The van der Waals surface area contributed by atoms with E-state index < -0.39 is 0 Å². The van der Waals surface area contributed by atoms with Gasteiger partial charge in [-0.05, 0) is 18.8 Å². The van der Waals surface area contributed by atoms with E-state index in [2.05, 4.69) is 26.1 Å². The lowest BCUT2D eigenvalue weighted by Gasteiger charge is -2.18. The van der Waals surface area contributed by atoms with Gasteiger partial charge in [0.2, 0.25) is 5.91 Å². The molecular formula is C11H23NO2. The molecule has 0 rings (SSSR count). The lowest BCUT2D eigenvalue weighted by Crippen LogP contribution is -2.38.